The molecule has 0 aromatic heterocycles. The lowest BCUT2D eigenvalue weighted by Gasteiger charge is -2.30. The molecular weight excluding hydrogens is 311 g/mol. The van der Waals surface area contributed by atoms with E-state index in [1.807, 2.05) is 0 Å². The Bertz CT molecular complexity index is 563. The summed E-state index contributed by atoms with van der Waals surface area (Å²) in [6.45, 7) is 5.43. The van der Waals surface area contributed by atoms with Gasteiger partial charge in [0.15, 0.2) is 0 Å². The van der Waals surface area contributed by atoms with E-state index in [9.17, 15) is 14.3 Å². The zero-order valence-electron chi connectivity index (χ0n) is 13.9. The predicted molar refractivity (Wildman–Crippen MR) is 88.0 cm³/mol. The first-order valence-electron chi connectivity index (χ1n) is 8.59. The summed E-state index contributed by atoms with van der Waals surface area (Å²) in [5, 5.41) is 9.66. The summed E-state index contributed by atoms with van der Waals surface area (Å²) in [5.74, 6) is -0.0493. The first-order valence-corrected chi connectivity index (χ1v) is 8.59. The second-order valence-corrected chi connectivity index (χ2v) is 6.68. The van der Waals surface area contributed by atoms with Crippen molar-refractivity contribution in [1.29, 1.82) is 0 Å². The number of nitrogens with zero attached hydrogens (tertiary/aromatic N) is 2. The third kappa shape index (κ3) is 4.12. The molecule has 0 spiro atoms. The van der Waals surface area contributed by atoms with Crippen LogP contribution in [-0.4, -0.2) is 73.4 Å². The molecule has 2 heterocycles. The van der Waals surface area contributed by atoms with E-state index in [4.69, 9.17) is 4.74 Å². The molecule has 0 saturated carbocycles. The summed E-state index contributed by atoms with van der Waals surface area (Å²) in [6.07, 6.45) is 0.0785. The van der Waals surface area contributed by atoms with E-state index >= 15 is 0 Å². The number of rotatable bonds is 5. The Morgan fingerprint density at radius 1 is 1.21 bits per heavy atom. The Morgan fingerprint density at radius 2 is 1.92 bits per heavy atom. The first-order chi connectivity index (χ1) is 11.7. The minimum atomic E-state index is -0.339. The molecule has 2 saturated heterocycles. The standard InChI is InChI=1S/C18H25FN2O3/c19-17-4-2-1-3-14(17)9-18(23)21-11-15(16(12-21)13-22)10-20-5-7-24-8-6-20/h1-4,15-16,22H,5-13H2/t15-,16-/m0/s1. The van der Waals surface area contributed by atoms with Crippen LogP contribution in [0.4, 0.5) is 4.39 Å². The van der Waals surface area contributed by atoms with Crippen molar-refractivity contribution in [3.63, 3.8) is 0 Å². The third-order valence-corrected chi connectivity index (χ3v) is 5.06. The van der Waals surface area contributed by atoms with Crippen LogP contribution >= 0.6 is 0 Å². The topological polar surface area (TPSA) is 53.0 Å². The van der Waals surface area contributed by atoms with Crippen LogP contribution in [-0.2, 0) is 16.0 Å². The smallest absolute Gasteiger partial charge is 0.227 e. The summed E-state index contributed by atoms with van der Waals surface area (Å²) >= 11 is 0. The molecule has 1 N–H and O–H groups in total. The summed E-state index contributed by atoms with van der Waals surface area (Å²) in [5.41, 5.74) is 0.430. The SMILES string of the molecule is O=C(Cc1ccccc1F)N1C[C@@H](CO)[C@@H](CN2CCOCC2)C1. The van der Waals surface area contributed by atoms with E-state index in [-0.39, 0.29) is 36.6 Å². The molecule has 0 bridgehead atoms. The maximum atomic E-state index is 13.7. The maximum absolute atomic E-state index is 13.7. The number of hydrogen-bond acceptors (Lipinski definition) is 4. The Kier molecular flexibility index (Phi) is 5.81. The zero-order valence-corrected chi connectivity index (χ0v) is 13.9. The number of aliphatic hydroxyl groups is 1. The summed E-state index contributed by atoms with van der Waals surface area (Å²) in [6, 6.07) is 6.40. The fourth-order valence-electron chi connectivity index (χ4n) is 3.59. The van der Waals surface area contributed by atoms with E-state index < -0.39 is 0 Å². The molecule has 24 heavy (non-hydrogen) atoms. The number of carbonyl (C=O) groups excluding carboxylic acids is 1. The number of morpholine rings is 1. The van der Waals surface area contributed by atoms with Crippen LogP contribution in [0.1, 0.15) is 5.56 Å². The lowest BCUT2D eigenvalue weighted by atomic mass is 9.96. The molecule has 0 aliphatic carbocycles. The number of carbonyl (C=O) groups is 1. The molecule has 2 aliphatic heterocycles. The highest BCUT2D eigenvalue weighted by Crippen LogP contribution is 2.25. The van der Waals surface area contributed by atoms with Crippen LogP contribution in [0.3, 0.4) is 0 Å². The summed E-state index contributed by atoms with van der Waals surface area (Å²) in [4.78, 5) is 16.6. The molecule has 6 heteroatoms. The van der Waals surface area contributed by atoms with Gasteiger partial charge >= 0.3 is 0 Å². The van der Waals surface area contributed by atoms with Gasteiger partial charge < -0.3 is 14.7 Å². The van der Waals surface area contributed by atoms with Crippen LogP contribution in [0.2, 0.25) is 0 Å². The molecule has 1 aromatic rings. The number of benzene rings is 1. The van der Waals surface area contributed by atoms with Crippen molar-refractivity contribution in [1.82, 2.24) is 9.80 Å². The summed E-state index contributed by atoms with van der Waals surface area (Å²) < 4.78 is 19.1. The Morgan fingerprint density at radius 3 is 2.62 bits per heavy atom. The monoisotopic (exact) mass is 336 g/mol. The number of ether oxygens (including phenoxy) is 1. The number of aliphatic hydroxyl groups excluding tert-OH is 1. The van der Waals surface area contributed by atoms with Crippen molar-refractivity contribution in [3.05, 3.63) is 35.6 Å². The number of hydrogen-bond donors (Lipinski definition) is 1. The molecule has 2 atom stereocenters. The largest absolute Gasteiger partial charge is 0.396 e. The van der Waals surface area contributed by atoms with Crippen LogP contribution in [0, 0.1) is 17.7 Å². The van der Waals surface area contributed by atoms with Crippen LogP contribution < -0.4 is 0 Å². The van der Waals surface area contributed by atoms with Crippen LogP contribution in [0.5, 0.6) is 0 Å². The molecule has 1 amide bonds. The van der Waals surface area contributed by atoms with Gasteiger partial charge in [-0.05, 0) is 17.5 Å². The predicted octanol–water partition coefficient (Wildman–Crippen LogP) is 0.767. The van der Waals surface area contributed by atoms with E-state index in [0.717, 1.165) is 32.8 Å². The van der Waals surface area contributed by atoms with Crippen molar-refractivity contribution < 1.29 is 19.0 Å². The van der Waals surface area contributed by atoms with Crippen molar-refractivity contribution in [2.75, 3.05) is 52.5 Å². The van der Waals surface area contributed by atoms with Gasteiger partial charge in [0, 0.05) is 45.2 Å². The summed E-state index contributed by atoms with van der Waals surface area (Å²) in [7, 11) is 0. The van der Waals surface area contributed by atoms with Gasteiger partial charge in [-0.15, -0.1) is 0 Å². The lowest BCUT2D eigenvalue weighted by Crippen LogP contribution is -2.41. The van der Waals surface area contributed by atoms with E-state index in [1.54, 1.807) is 23.1 Å². The first kappa shape index (κ1) is 17.3. The highest BCUT2D eigenvalue weighted by Gasteiger charge is 2.35. The van der Waals surface area contributed by atoms with Gasteiger partial charge in [-0.1, -0.05) is 18.2 Å². The van der Waals surface area contributed by atoms with Gasteiger partial charge in [0.1, 0.15) is 5.82 Å². The molecule has 0 radical (unpaired) electrons. The third-order valence-electron chi connectivity index (χ3n) is 5.06. The van der Waals surface area contributed by atoms with E-state index in [0.29, 0.717) is 18.7 Å². The van der Waals surface area contributed by atoms with E-state index in [1.165, 1.54) is 6.07 Å². The second-order valence-electron chi connectivity index (χ2n) is 6.68. The average molecular weight is 336 g/mol. The van der Waals surface area contributed by atoms with Gasteiger partial charge in [-0.2, -0.15) is 0 Å². The maximum Gasteiger partial charge on any atom is 0.227 e. The van der Waals surface area contributed by atoms with E-state index in [2.05, 4.69) is 4.90 Å². The molecule has 2 fully saturated rings. The molecule has 132 valence electrons. The minimum absolute atomic E-state index is 0.0666. The van der Waals surface area contributed by atoms with Crippen molar-refractivity contribution in [2.45, 2.75) is 6.42 Å². The Balaban J connectivity index is 1.58. The van der Waals surface area contributed by atoms with Crippen molar-refractivity contribution >= 4 is 5.91 Å². The molecular formula is C18H25FN2O3. The van der Waals surface area contributed by atoms with Crippen LogP contribution in [0.25, 0.3) is 0 Å². The molecule has 5 nitrogen and oxygen atoms in total. The van der Waals surface area contributed by atoms with Crippen molar-refractivity contribution in [2.24, 2.45) is 11.8 Å². The lowest BCUT2D eigenvalue weighted by molar-refractivity contribution is -0.129. The fourth-order valence-corrected chi connectivity index (χ4v) is 3.59. The Hall–Kier alpha value is -1.50. The highest BCUT2D eigenvalue weighted by atomic mass is 19.1. The van der Waals surface area contributed by atoms with Gasteiger partial charge in [0.2, 0.25) is 5.91 Å². The normalized spacial score (nSPS) is 25.2. The van der Waals surface area contributed by atoms with Crippen LogP contribution in [0.15, 0.2) is 24.3 Å². The average Bonchev–Trinajstić information content (AvgIpc) is 3.01. The van der Waals surface area contributed by atoms with Gasteiger partial charge in [-0.25, -0.2) is 4.39 Å². The minimum Gasteiger partial charge on any atom is -0.396 e. The Labute approximate surface area is 142 Å². The van der Waals surface area contributed by atoms with Gasteiger partial charge in [-0.3, -0.25) is 9.69 Å². The van der Waals surface area contributed by atoms with Crippen molar-refractivity contribution in [3.8, 4) is 0 Å². The number of amides is 1. The highest BCUT2D eigenvalue weighted by molar-refractivity contribution is 5.79. The second kappa shape index (κ2) is 8.05. The number of halogens is 1. The number of likely N-dealkylation sites (tertiary alicyclic amines) is 1. The van der Waals surface area contributed by atoms with Gasteiger partial charge in [0.05, 0.1) is 19.6 Å². The van der Waals surface area contributed by atoms with Gasteiger partial charge in [0.25, 0.3) is 0 Å². The molecule has 0 unspecified atom stereocenters. The molecule has 2 aliphatic rings. The zero-order chi connectivity index (χ0) is 16.9. The quantitative estimate of drug-likeness (QED) is 0.863. The fraction of sp³-hybridized carbons (Fsp3) is 0.611. The molecule has 3 rings (SSSR count). The molecule has 1 aromatic carbocycles.